The minimum absolute atomic E-state index is 0.137. The summed E-state index contributed by atoms with van der Waals surface area (Å²) in [4.78, 5) is 25.0. The number of rotatable bonds is 9. The lowest BCUT2D eigenvalue weighted by molar-refractivity contribution is -0.137. The third-order valence-electron chi connectivity index (χ3n) is 4.63. The number of nitrogens with zero attached hydrogens (tertiary/aromatic N) is 1. The molecule has 158 valence electrons. The van der Waals surface area contributed by atoms with Crippen LogP contribution in [0.3, 0.4) is 0 Å². The summed E-state index contributed by atoms with van der Waals surface area (Å²) in [5, 5.41) is 8.76. The lowest BCUT2D eigenvalue weighted by Crippen LogP contribution is -2.26. The van der Waals surface area contributed by atoms with Crippen LogP contribution < -0.4 is 4.90 Å². The number of benzene rings is 3. The molecule has 0 aliphatic heterocycles. The van der Waals surface area contributed by atoms with Gasteiger partial charge in [0.25, 0.3) is 0 Å². The summed E-state index contributed by atoms with van der Waals surface area (Å²) in [6.07, 6.45) is 4.71. The molecule has 5 nitrogen and oxygen atoms in total. The van der Waals surface area contributed by atoms with Crippen LogP contribution in [0.1, 0.15) is 24.0 Å². The first kappa shape index (κ1) is 21.8. The van der Waals surface area contributed by atoms with Crippen LogP contribution in [0, 0.1) is 0 Å². The number of hydrogen-bond acceptors (Lipinski definition) is 3. The van der Waals surface area contributed by atoms with Crippen LogP contribution in [0.15, 0.2) is 91.0 Å². The van der Waals surface area contributed by atoms with Crippen molar-refractivity contribution in [3.05, 3.63) is 102 Å². The number of aliphatic carboxylic acids is 1. The summed E-state index contributed by atoms with van der Waals surface area (Å²) >= 11 is 0. The maximum atomic E-state index is 12.8. The highest BCUT2D eigenvalue weighted by molar-refractivity contribution is 5.95. The number of aryl methyl sites for hydroxylation is 1. The molecule has 0 spiro atoms. The van der Waals surface area contributed by atoms with Gasteiger partial charge in [0.05, 0.1) is 11.4 Å². The van der Waals surface area contributed by atoms with Crippen LogP contribution in [-0.2, 0) is 16.0 Å². The number of carboxylic acid groups (broad SMARTS) is 1. The predicted molar refractivity (Wildman–Crippen MR) is 122 cm³/mol. The van der Waals surface area contributed by atoms with Crippen LogP contribution in [0.5, 0.6) is 0 Å². The van der Waals surface area contributed by atoms with Crippen LogP contribution in [0.25, 0.3) is 6.08 Å². The zero-order chi connectivity index (χ0) is 21.9. The third kappa shape index (κ3) is 6.85. The van der Waals surface area contributed by atoms with E-state index in [-0.39, 0.29) is 13.0 Å². The Hall–Kier alpha value is -3.86. The fourth-order valence-electron chi connectivity index (χ4n) is 3.18. The normalized spacial score (nSPS) is 10.7. The molecular weight excluding hydrogens is 390 g/mol. The van der Waals surface area contributed by atoms with Crippen molar-refractivity contribution in [2.45, 2.75) is 19.3 Å². The number of carbonyl (C=O) groups is 2. The summed E-state index contributed by atoms with van der Waals surface area (Å²) < 4.78 is 5.49. The molecule has 3 rings (SSSR count). The van der Waals surface area contributed by atoms with Crippen LogP contribution >= 0.6 is 0 Å². The van der Waals surface area contributed by atoms with Gasteiger partial charge in [0.15, 0.2) is 0 Å². The second-order valence-corrected chi connectivity index (χ2v) is 6.98. The molecule has 3 aromatic rings. The van der Waals surface area contributed by atoms with Gasteiger partial charge in [-0.25, -0.2) is 9.69 Å². The van der Waals surface area contributed by atoms with Crippen LogP contribution in [-0.4, -0.2) is 23.8 Å². The second-order valence-electron chi connectivity index (χ2n) is 6.98. The number of ether oxygens (including phenoxy) is 1. The molecule has 31 heavy (non-hydrogen) atoms. The zero-order valence-corrected chi connectivity index (χ0v) is 17.2. The SMILES string of the molecule is O=C(O)CCCc1cccc(C=CCOC(=O)N(c2ccccc2)c2ccccc2)c1. The summed E-state index contributed by atoms with van der Waals surface area (Å²) in [6.45, 7) is 0.137. The number of para-hydroxylation sites is 2. The minimum atomic E-state index is -0.780. The van der Waals surface area contributed by atoms with Crippen LogP contribution in [0.4, 0.5) is 16.2 Å². The van der Waals surface area contributed by atoms with Gasteiger partial charge >= 0.3 is 12.1 Å². The maximum Gasteiger partial charge on any atom is 0.419 e. The standard InChI is InChI=1S/C26H25NO4/c28-25(29)18-8-12-21-10-7-11-22(20-21)13-9-19-31-26(30)27(23-14-3-1-4-15-23)24-16-5-2-6-17-24/h1-7,9-11,13-17,20H,8,12,18-19H2,(H,28,29). The van der Waals surface area contributed by atoms with Crippen molar-refractivity contribution in [3.8, 4) is 0 Å². The Morgan fingerprint density at radius 1 is 0.871 bits per heavy atom. The Bertz CT molecular complexity index is 976. The first-order chi connectivity index (χ1) is 15.1. The molecule has 0 aliphatic carbocycles. The van der Waals surface area contributed by atoms with Crippen molar-refractivity contribution in [2.75, 3.05) is 11.5 Å². The van der Waals surface area contributed by atoms with Gasteiger partial charge in [-0.1, -0.05) is 66.7 Å². The van der Waals surface area contributed by atoms with E-state index in [1.165, 1.54) is 4.90 Å². The largest absolute Gasteiger partial charge is 0.481 e. The van der Waals surface area contributed by atoms with E-state index < -0.39 is 12.1 Å². The van der Waals surface area contributed by atoms with Gasteiger partial charge in [-0.15, -0.1) is 0 Å². The molecule has 1 amide bonds. The Labute approximate surface area is 182 Å². The van der Waals surface area contributed by atoms with E-state index in [0.717, 1.165) is 22.5 Å². The van der Waals surface area contributed by atoms with E-state index in [2.05, 4.69) is 0 Å². The van der Waals surface area contributed by atoms with Crippen molar-refractivity contribution in [1.82, 2.24) is 0 Å². The monoisotopic (exact) mass is 415 g/mol. The quantitative estimate of drug-likeness (QED) is 0.460. The number of anilines is 2. The topological polar surface area (TPSA) is 66.8 Å². The number of hydrogen-bond donors (Lipinski definition) is 1. The Kier molecular flexibility index (Phi) is 8.00. The summed E-state index contributed by atoms with van der Waals surface area (Å²) in [5.41, 5.74) is 3.53. The van der Waals surface area contributed by atoms with E-state index in [0.29, 0.717) is 12.8 Å². The molecule has 0 unspecified atom stereocenters. The molecule has 1 N–H and O–H groups in total. The molecule has 0 heterocycles. The average molecular weight is 415 g/mol. The minimum Gasteiger partial charge on any atom is -0.481 e. The molecule has 5 heteroatoms. The van der Waals surface area contributed by atoms with Crippen molar-refractivity contribution in [1.29, 1.82) is 0 Å². The van der Waals surface area contributed by atoms with Gasteiger partial charge in [0, 0.05) is 6.42 Å². The summed E-state index contributed by atoms with van der Waals surface area (Å²) in [7, 11) is 0. The van der Waals surface area contributed by atoms with Crippen molar-refractivity contribution >= 4 is 29.5 Å². The molecule has 0 saturated carbocycles. The first-order valence-electron chi connectivity index (χ1n) is 10.2. The van der Waals surface area contributed by atoms with Gasteiger partial charge in [-0.2, -0.15) is 0 Å². The fourth-order valence-corrected chi connectivity index (χ4v) is 3.18. The smallest absolute Gasteiger partial charge is 0.419 e. The number of amides is 1. The number of carbonyl (C=O) groups excluding carboxylic acids is 1. The molecule has 0 atom stereocenters. The molecule has 0 aliphatic rings. The summed E-state index contributed by atoms with van der Waals surface area (Å²) in [6, 6.07) is 26.6. The molecule has 0 fully saturated rings. The van der Waals surface area contributed by atoms with E-state index in [1.807, 2.05) is 91.0 Å². The fraction of sp³-hybridized carbons (Fsp3) is 0.154. The van der Waals surface area contributed by atoms with Gasteiger partial charge < -0.3 is 9.84 Å². The highest BCUT2D eigenvalue weighted by Crippen LogP contribution is 2.25. The highest BCUT2D eigenvalue weighted by atomic mass is 16.6. The van der Waals surface area contributed by atoms with E-state index in [1.54, 1.807) is 6.08 Å². The van der Waals surface area contributed by atoms with E-state index in [4.69, 9.17) is 9.84 Å². The Balaban J connectivity index is 1.60. The second kappa shape index (κ2) is 11.4. The lowest BCUT2D eigenvalue weighted by Gasteiger charge is -2.22. The van der Waals surface area contributed by atoms with Gasteiger partial charge in [0.1, 0.15) is 6.61 Å². The number of carboxylic acids is 1. The van der Waals surface area contributed by atoms with E-state index in [9.17, 15) is 9.59 Å². The van der Waals surface area contributed by atoms with Crippen LogP contribution in [0.2, 0.25) is 0 Å². The molecule has 0 saturated heterocycles. The average Bonchev–Trinajstić information content (AvgIpc) is 2.78. The molecule has 0 aromatic heterocycles. The van der Waals surface area contributed by atoms with Crippen molar-refractivity contribution < 1.29 is 19.4 Å². The van der Waals surface area contributed by atoms with Crippen molar-refractivity contribution in [2.24, 2.45) is 0 Å². The van der Waals surface area contributed by atoms with E-state index >= 15 is 0 Å². The highest BCUT2D eigenvalue weighted by Gasteiger charge is 2.18. The van der Waals surface area contributed by atoms with Gasteiger partial charge in [0.2, 0.25) is 0 Å². The zero-order valence-electron chi connectivity index (χ0n) is 17.2. The third-order valence-corrected chi connectivity index (χ3v) is 4.63. The molecular formula is C26H25NO4. The van der Waals surface area contributed by atoms with Gasteiger partial charge in [-0.3, -0.25) is 4.79 Å². The maximum absolute atomic E-state index is 12.8. The molecule has 0 bridgehead atoms. The van der Waals surface area contributed by atoms with Gasteiger partial charge in [-0.05, 0) is 54.3 Å². The first-order valence-corrected chi connectivity index (χ1v) is 10.2. The lowest BCUT2D eigenvalue weighted by atomic mass is 10.1. The molecule has 0 radical (unpaired) electrons. The Morgan fingerprint density at radius 3 is 2.13 bits per heavy atom. The van der Waals surface area contributed by atoms with Crippen molar-refractivity contribution in [3.63, 3.8) is 0 Å². The summed E-state index contributed by atoms with van der Waals surface area (Å²) in [5.74, 6) is -0.780. The Morgan fingerprint density at radius 2 is 1.52 bits per heavy atom. The molecule has 3 aromatic carbocycles. The predicted octanol–water partition coefficient (Wildman–Crippen LogP) is 6.08.